The molecule has 1 unspecified atom stereocenters. The van der Waals surface area contributed by atoms with E-state index in [9.17, 15) is 4.39 Å². The number of aromatic nitrogens is 2. The van der Waals surface area contributed by atoms with E-state index in [2.05, 4.69) is 10.1 Å². The maximum atomic E-state index is 12.8. The fraction of sp³-hybridized carbons (Fsp3) is 0.385. The molecule has 1 aromatic heterocycles. The van der Waals surface area contributed by atoms with Gasteiger partial charge >= 0.3 is 0 Å². The van der Waals surface area contributed by atoms with E-state index in [1.165, 1.54) is 12.1 Å². The maximum absolute atomic E-state index is 12.8. The van der Waals surface area contributed by atoms with Crippen LogP contribution in [0.25, 0.3) is 0 Å². The van der Waals surface area contributed by atoms with Crippen LogP contribution in [0.1, 0.15) is 31.0 Å². The Morgan fingerprint density at radius 3 is 2.79 bits per heavy atom. The van der Waals surface area contributed by atoms with Gasteiger partial charge in [0.2, 0.25) is 5.89 Å². The lowest BCUT2D eigenvalue weighted by molar-refractivity contribution is 0.352. The lowest BCUT2D eigenvalue weighted by atomic mass is 10.1. The van der Waals surface area contributed by atoms with Crippen molar-refractivity contribution in [1.82, 2.24) is 10.1 Å². The molecule has 2 rings (SSSR count). The Hall–Kier alpha value is -1.40. The molecular formula is C13H16FN3OS. The van der Waals surface area contributed by atoms with Crippen LogP contribution in [0.2, 0.25) is 0 Å². The van der Waals surface area contributed by atoms with Crippen molar-refractivity contribution < 1.29 is 8.91 Å². The van der Waals surface area contributed by atoms with Gasteiger partial charge in [-0.2, -0.15) is 4.98 Å². The Morgan fingerprint density at radius 1 is 1.37 bits per heavy atom. The molecule has 1 heterocycles. The third-order valence-electron chi connectivity index (χ3n) is 2.69. The van der Waals surface area contributed by atoms with Crippen LogP contribution < -0.4 is 5.73 Å². The zero-order valence-electron chi connectivity index (χ0n) is 10.7. The molecule has 6 heteroatoms. The molecule has 102 valence electrons. The smallest absolute Gasteiger partial charge is 0.229 e. The van der Waals surface area contributed by atoms with Gasteiger partial charge < -0.3 is 10.3 Å². The van der Waals surface area contributed by atoms with E-state index < -0.39 is 0 Å². The van der Waals surface area contributed by atoms with Crippen LogP contribution in [0.3, 0.4) is 0 Å². The summed E-state index contributed by atoms with van der Waals surface area (Å²) in [7, 11) is 0. The van der Waals surface area contributed by atoms with E-state index in [0.717, 1.165) is 11.3 Å². The molecule has 0 aliphatic heterocycles. The molecule has 0 saturated carbocycles. The van der Waals surface area contributed by atoms with Crippen molar-refractivity contribution >= 4 is 11.8 Å². The first-order chi connectivity index (χ1) is 9.19. The molecule has 0 amide bonds. The van der Waals surface area contributed by atoms with Gasteiger partial charge in [-0.15, -0.1) is 11.8 Å². The number of hydrogen-bond acceptors (Lipinski definition) is 5. The van der Waals surface area contributed by atoms with Crippen molar-refractivity contribution in [3.05, 3.63) is 41.8 Å². The molecule has 0 spiro atoms. The van der Waals surface area contributed by atoms with Gasteiger partial charge in [-0.1, -0.05) is 12.1 Å². The number of rotatable bonds is 6. The predicted molar refractivity (Wildman–Crippen MR) is 72.3 cm³/mol. The van der Waals surface area contributed by atoms with Crippen LogP contribution >= 0.6 is 11.8 Å². The highest BCUT2D eigenvalue weighted by Gasteiger charge is 2.13. The van der Waals surface area contributed by atoms with E-state index in [1.54, 1.807) is 23.9 Å². The number of nitrogens with zero attached hydrogens (tertiary/aromatic N) is 2. The summed E-state index contributed by atoms with van der Waals surface area (Å²) in [5.41, 5.74) is 5.50. The van der Waals surface area contributed by atoms with Crippen LogP contribution in [0.15, 0.2) is 33.7 Å². The van der Waals surface area contributed by atoms with E-state index in [1.807, 2.05) is 6.92 Å². The van der Waals surface area contributed by atoms with Gasteiger partial charge in [-0.05, 0) is 37.2 Å². The van der Waals surface area contributed by atoms with Crippen LogP contribution in [0.5, 0.6) is 0 Å². The molecule has 4 nitrogen and oxygen atoms in total. The lowest BCUT2D eigenvalue weighted by Crippen LogP contribution is -2.04. The standard InChI is InChI=1S/C13H16FN3OS/c1-9(6-7-15)13-16-12(17-18-13)8-19-11-4-2-10(14)3-5-11/h2-5,9H,6-8,15H2,1H3. The van der Waals surface area contributed by atoms with Gasteiger partial charge in [0.25, 0.3) is 0 Å². The molecule has 0 bridgehead atoms. The summed E-state index contributed by atoms with van der Waals surface area (Å²) < 4.78 is 18.0. The lowest BCUT2D eigenvalue weighted by Gasteiger charge is -2.01. The zero-order chi connectivity index (χ0) is 13.7. The largest absolute Gasteiger partial charge is 0.339 e. The zero-order valence-corrected chi connectivity index (χ0v) is 11.5. The Labute approximate surface area is 115 Å². The maximum Gasteiger partial charge on any atom is 0.229 e. The first-order valence-electron chi connectivity index (χ1n) is 6.10. The van der Waals surface area contributed by atoms with Crippen LogP contribution in [-0.2, 0) is 5.75 Å². The SMILES string of the molecule is CC(CCN)c1nc(CSc2ccc(F)cc2)no1. The van der Waals surface area contributed by atoms with Crippen molar-refractivity contribution in [2.75, 3.05) is 6.54 Å². The molecule has 0 fully saturated rings. The van der Waals surface area contributed by atoms with Crippen molar-refractivity contribution in [2.24, 2.45) is 5.73 Å². The number of thioether (sulfide) groups is 1. The average molecular weight is 281 g/mol. The minimum Gasteiger partial charge on any atom is -0.339 e. The summed E-state index contributed by atoms with van der Waals surface area (Å²) >= 11 is 1.54. The third-order valence-corrected chi connectivity index (χ3v) is 3.69. The highest BCUT2D eigenvalue weighted by atomic mass is 32.2. The van der Waals surface area contributed by atoms with Gasteiger partial charge in [0.05, 0.1) is 5.75 Å². The van der Waals surface area contributed by atoms with Crippen LogP contribution in [0, 0.1) is 5.82 Å². The molecule has 0 radical (unpaired) electrons. The van der Waals surface area contributed by atoms with E-state index >= 15 is 0 Å². The number of benzene rings is 1. The summed E-state index contributed by atoms with van der Waals surface area (Å²) in [6.07, 6.45) is 0.826. The van der Waals surface area contributed by atoms with E-state index in [4.69, 9.17) is 10.3 Å². The summed E-state index contributed by atoms with van der Waals surface area (Å²) in [6.45, 7) is 2.61. The predicted octanol–water partition coefficient (Wildman–Crippen LogP) is 2.95. The Kier molecular flexibility index (Phi) is 4.93. The van der Waals surface area contributed by atoms with Gasteiger partial charge in [-0.3, -0.25) is 0 Å². The highest BCUT2D eigenvalue weighted by molar-refractivity contribution is 7.98. The van der Waals surface area contributed by atoms with Crippen molar-refractivity contribution in [2.45, 2.75) is 29.9 Å². The monoisotopic (exact) mass is 281 g/mol. The normalized spacial score (nSPS) is 12.6. The first-order valence-corrected chi connectivity index (χ1v) is 7.08. The quantitative estimate of drug-likeness (QED) is 0.825. The molecule has 0 saturated heterocycles. The summed E-state index contributed by atoms with van der Waals surface area (Å²) in [5.74, 6) is 1.82. The average Bonchev–Trinajstić information content (AvgIpc) is 2.87. The fourth-order valence-corrected chi connectivity index (χ4v) is 2.32. The van der Waals surface area contributed by atoms with Crippen LogP contribution in [-0.4, -0.2) is 16.7 Å². The molecule has 2 aromatic rings. The Bertz CT molecular complexity index is 515. The van der Waals surface area contributed by atoms with Crippen LogP contribution in [0.4, 0.5) is 4.39 Å². The second-order valence-corrected chi connectivity index (χ2v) is 5.32. The number of halogens is 1. The number of hydrogen-bond donors (Lipinski definition) is 1. The highest BCUT2D eigenvalue weighted by Crippen LogP contribution is 2.23. The van der Waals surface area contributed by atoms with E-state index in [-0.39, 0.29) is 11.7 Å². The van der Waals surface area contributed by atoms with E-state index in [0.29, 0.717) is 24.0 Å². The minimum absolute atomic E-state index is 0.182. The number of nitrogens with two attached hydrogens (primary N) is 1. The molecule has 19 heavy (non-hydrogen) atoms. The molecular weight excluding hydrogens is 265 g/mol. The second-order valence-electron chi connectivity index (χ2n) is 4.27. The minimum atomic E-state index is -0.234. The molecule has 0 aliphatic carbocycles. The molecule has 2 N–H and O–H groups in total. The Morgan fingerprint density at radius 2 is 2.11 bits per heavy atom. The summed E-state index contributed by atoms with van der Waals surface area (Å²) in [4.78, 5) is 5.31. The first kappa shape index (κ1) is 14.0. The molecule has 1 aromatic carbocycles. The van der Waals surface area contributed by atoms with Gasteiger partial charge in [0.1, 0.15) is 5.82 Å². The Balaban J connectivity index is 1.91. The van der Waals surface area contributed by atoms with Gasteiger partial charge in [0.15, 0.2) is 5.82 Å². The fourth-order valence-electron chi connectivity index (χ4n) is 1.58. The second kappa shape index (κ2) is 6.68. The molecule has 1 atom stereocenters. The van der Waals surface area contributed by atoms with Gasteiger partial charge in [0, 0.05) is 10.8 Å². The van der Waals surface area contributed by atoms with Crippen molar-refractivity contribution in [3.8, 4) is 0 Å². The topological polar surface area (TPSA) is 64.9 Å². The third kappa shape index (κ3) is 4.04. The van der Waals surface area contributed by atoms with Crippen molar-refractivity contribution in [1.29, 1.82) is 0 Å². The van der Waals surface area contributed by atoms with Crippen molar-refractivity contribution in [3.63, 3.8) is 0 Å². The summed E-state index contributed by atoms with van der Waals surface area (Å²) in [6, 6.07) is 6.34. The molecule has 0 aliphatic rings. The summed E-state index contributed by atoms with van der Waals surface area (Å²) in [5, 5.41) is 3.93. The van der Waals surface area contributed by atoms with Gasteiger partial charge in [-0.25, -0.2) is 4.39 Å².